The zero-order chi connectivity index (χ0) is 12.2. The molecule has 0 saturated heterocycles. The average molecular weight is 261 g/mol. The molecular weight excluding hydrogens is 248 g/mol. The number of hydrogen-bond donors (Lipinski definition) is 0. The number of rotatable bonds is 5. The molecule has 0 unspecified atom stereocenters. The van der Waals surface area contributed by atoms with Crippen LogP contribution in [0.25, 0.3) is 0 Å². The minimum atomic E-state index is -3.50. The Balaban J connectivity index is 2.64. The standard InChI is InChI=1S/C11H13ClO3S/c1-9(2)7-15-11-5-3-10(4-6-11)8-16(12,13)14/h3-6H,1,7-8H2,2H3. The summed E-state index contributed by atoms with van der Waals surface area (Å²) >= 11 is 0. The predicted molar refractivity (Wildman–Crippen MR) is 65.2 cm³/mol. The Kier molecular flexibility index (Phi) is 4.38. The Morgan fingerprint density at radius 2 is 1.94 bits per heavy atom. The molecule has 0 spiro atoms. The summed E-state index contributed by atoms with van der Waals surface area (Å²) in [5.41, 5.74) is 1.56. The molecule has 0 saturated carbocycles. The molecular formula is C11H13ClO3S. The summed E-state index contributed by atoms with van der Waals surface area (Å²) in [5.74, 6) is 0.508. The lowest BCUT2D eigenvalue weighted by Crippen LogP contribution is -1.98. The number of halogens is 1. The fourth-order valence-corrected chi connectivity index (χ4v) is 2.06. The van der Waals surface area contributed by atoms with Gasteiger partial charge >= 0.3 is 0 Å². The van der Waals surface area contributed by atoms with E-state index in [2.05, 4.69) is 6.58 Å². The fourth-order valence-electron chi connectivity index (χ4n) is 1.09. The molecule has 1 aromatic carbocycles. The van der Waals surface area contributed by atoms with Gasteiger partial charge in [-0.2, -0.15) is 0 Å². The average Bonchev–Trinajstić information content (AvgIpc) is 2.14. The van der Waals surface area contributed by atoms with Gasteiger partial charge < -0.3 is 4.74 Å². The molecule has 0 N–H and O–H groups in total. The molecule has 0 aliphatic carbocycles. The highest BCUT2D eigenvalue weighted by atomic mass is 35.7. The van der Waals surface area contributed by atoms with E-state index in [0.29, 0.717) is 17.9 Å². The molecule has 3 nitrogen and oxygen atoms in total. The summed E-state index contributed by atoms with van der Waals surface area (Å²) < 4.78 is 27.0. The largest absolute Gasteiger partial charge is 0.489 e. The van der Waals surface area contributed by atoms with Crippen LogP contribution in [0.5, 0.6) is 5.75 Å². The zero-order valence-corrected chi connectivity index (χ0v) is 10.5. The van der Waals surface area contributed by atoms with Crippen LogP contribution in [0.1, 0.15) is 12.5 Å². The summed E-state index contributed by atoms with van der Waals surface area (Å²) in [7, 11) is 1.64. The van der Waals surface area contributed by atoms with E-state index in [4.69, 9.17) is 15.4 Å². The van der Waals surface area contributed by atoms with Crippen molar-refractivity contribution in [2.75, 3.05) is 6.61 Å². The lowest BCUT2D eigenvalue weighted by molar-refractivity contribution is 0.352. The molecule has 0 amide bonds. The third kappa shape index (κ3) is 5.19. The summed E-state index contributed by atoms with van der Waals surface area (Å²) in [4.78, 5) is 0. The van der Waals surface area contributed by atoms with E-state index in [1.807, 2.05) is 6.92 Å². The summed E-state index contributed by atoms with van der Waals surface area (Å²) in [6.07, 6.45) is 0. The van der Waals surface area contributed by atoms with E-state index in [9.17, 15) is 8.42 Å². The van der Waals surface area contributed by atoms with Crippen molar-refractivity contribution in [3.8, 4) is 5.75 Å². The van der Waals surface area contributed by atoms with Crippen molar-refractivity contribution in [1.82, 2.24) is 0 Å². The zero-order valence-electron chi connectivity index (χ0n) is 8.94. The van der Waals surface area contributed by atoms with Crippen LogP contribution in [-0.2, 0) is 14.8 Å². The number of ether oxygens (including phenoxy) is 1. The van der Waals surface area contributed by atoms with Gasteiger partial charge in [-0.15, -0.1) is 0 Å². The number of hydrogen-bond acceptors (Lipinski definition) is 3. The monoisotopic (exact) mass is 260 g/mol. The van der Waals surface area contributed by atoms with E-state index in [0.717, 1.165) is 5.57 Å². The van der Waals surface area contributed by atoms with Crippen LogP contribution in [0.15, 0.2) is 36.4 Å². The van der Waals surface area contributed by atoms with E-state index < -0.39 is 9.05 Å². The number of benzene rings is 1. The van der Waals surface area contributed by atoms with Crippen molar-refractivity contribution in [3.05, 3.63) is 42.0 Å². The molecule has 88 valence electrons. The van der Waals surface area contributed by atoms with E-state index >= 15 is 0 Å². The molecule has 0 aliphatic rings. The molecule has 0 atom stereocenters. The first-order chi connectivity index (χ1) is 7.37. The van der Waals surface area contributed by atoms with E-state index in [1.165, 1.54) is 0 Å². The highest BCUT2D eigenvalue weighted by Gasteiger charge is 2.06. The second-order valence-corrected chi connectivity index (χ2v) is 6.35. The first-order valence-electron chi connectivity index (χ1n) is 4.65. The van der Waals surface area contributed by atoms with E-state index in [-0.39, 0.29) is 5.75 Å². The molecule has 16 heavy (non-hydrogen) atoms. The van der Waals surface area contributed by atoms with Crippen LogP contribution in [0.3, 0.4) is 0 Å². The van der Waals surface area contributed by atoms with Crippen molar-refractivity contribution in [3.63, 3.8) is 0 Å². The Morgan fingerprint density at radius 1 is 1.38 bits per heavy atom. The maximum absolute atomic E-state index is 10.8. The molecule has 0 radical (unpaired) electrons. The van der Waals surface area contributed by atoms with Crippen molar-refractivity contribution < 1.29 is 13.2 Å². The smallest absolute Gasteiger partial charge is 0.236 e. The van der Waals surface area contributed by atoms with Crippen LogP contribution >= 0.6 is 10.7 Å². The Labute approximate surface area is 100 Å². The van der Waals surface area contributed by atoms with Gasteiger partial charge in [0.15, 0.2) is 0 Å². The van der Waals surface area contributed by atoms with Crippen molar-refractivity contribution in [2.24, 2.45) is 0 Å². The lowest BCUT2D eigenvalue weighted by atomic mass is 10.2. The highest BCUT2D eigenvalue weighted by Crippen LogP contribution is 2.15. The molecule has 0 heterocycles. The van der Waals surface area contributed by atoms with Crippen molar-refractivity contribution in [2.45, 2.75) is 12.7 Å². The molecule has 1 aromatic rings. The van der Waals surface area contributed by atoms with Crippen LogP contribution in [0.2, 0.25) is 0 Å². The summed E-state index contributed by atoms with van der Waals surface area (Å²) in [6.45, 7) is 6.04. The van der Waals surface area contributed by atoms with Gasteiger partial charge in [0.25, 0.3) is 0 Å². The van der Waals surface area contributed by atoms with Crippen LogP contribution in [-0.4, -0.2) is 15.0 Å². The normalized spacial score (nSPS) is 11.1. The Morgan fingerprint density at radius 3 is 2.38 bits per heavy atom. The Bertz CT molecular complexity index is 463. The molecule has 5 heteroatoms. The molecule has 0 aliphatic heterocycles. The SMILES string of the molecule is C=C(C)COc1ccc(CS(=O)(=O)Cl)cc1. The second kappa shape index (κ2) is 5.37. The predicted octanol–water partition coefficient (Wildman–Crippen LogP) is 2.71. The Hall–Kier alpha value is -1.00. The summed E-state index contributed by atoms with van der Waals surface area (Å²) in [6, 6.07) is 6.77. The van der Waals surface area contributed by atoms with Gasteiger partial charge in [0.1, 0.15) is 12.4 Å². The highest BCUT2D eigenvalue weighted by molar-refractivity contribution is 8.13. The summed E-state index contributed by atoms with van der Waals surface area (Å²) in [5, 5.41) is 0. The van der Waals surface area contributed by atoms with Crippen LogP contribution < -0.4 is 4.74 Å². The third-order valence-corrected chi connectivity index (χ3v) is 2.75. The molecule has 0 bridgehead atoms. The maximum Gasteiger partial charge on any atom is 0.236 e. The quantitative estimate of drug-likeness (QED) is 0.604. The lowest BCUT2D eigenvalue weighted by Gasteiger charge is -2.06. The molecule has 0 aromatic heterocycles. The van der Waals surface area contributed by atoms with Crippen molar-refractivity contribution >= 4 is 19.7 Å². The fraction of sp³-hybridized carbons (Fsp3) is 0.273. The van der Waals surface area contributed by atoms with E-state index in [1.54, 1.807) is 24.3 Å². The first-order valence-corrected chi connectivity index (χ1v) is 7.13. The minimum Gasteiger partial charge on any atom is -0.489 e. The second-order valence-electron chi connectivity index (χ2n) is 3.57. The van der Waals surface area contributed by atoms with Gasteiger partial charge in [0.2, 0.25) is 9.05 Å². The van der Waals surface area contributed by atoms with Gasteiger partial charge in [0, 0.05) is 10.7 Å². The van der Waals surface area contributed by atoms with Gasteiger partial charge in [-0.25, -0.2) is 8.42 Å². The van der Waals surface area contributed by atoms with Crippen LogP contribution in [0.4, 0.5) is 0 Å². The van der Waals surface area contributed by atoms with Gasteiger partial charge in [-0.05, 0) is 30.2 Å². The van der Waals surface area contributed by atoms with Gasteiger partial charge in [-0.1, -0.05) is 18.7 Å². The first kappa shape index (κ1) is 13.1. The maximum atomic E-state index is 10.8. The van der Waals surface area contributed by atoms with Gasteiger partial charge in [-0.3, -0.25) is 0 Å². The van der Waals surface area contributed by atoms with Gasteiger partial charge in [0.05, 0.1) is 5.75 Å². The minimum absolute atomic E-state index is 0.171. The third-order valence-electron chi connectivity index (χ3n) is 1.75. The topological polar surface area (TPSA) is 43.4 Å². The van der Waals surface area contributed by atoms with Crippen LogP contribution in [0, 0.1) is 0 Å². The molecule has 0 fully saturated rings. The molecule has 1 rings (SSSR count). The van der Waals surface area contributed by atoms with Crippen molar-refractivity contribution in [1.29, 1.82) is 0 Å².